The quantitative estimate of drug-likeness (QED) is 0.797. The molecule has 0 amide bonds. The van der Waals surface area contributed by atoms with Crippen LogP contribution in [-0.4, -0.2) is 32.5 Å². The Kier molecular flexibility index (Phi) is 2.62. The maximum atomic E-state index is 11.6. The Balaban J connectivity index is 1.69. The van der Waals surface area contributed by atoms with E-state index in [2.05, 4.69) is 10.1 Å². The lowest BCUT2D eigenvalue weighted by Gasteiger charge is -2.06. The Bertz CT molecular complexity index is 991. The average Bonchev–Trinajstić information content (AvgIpc) is 3.17. The fourth-order valence-electron chi connectivity index (χ4n) is 2.93. The highest BCUT2D eigenvalue weighted by Gasteiger charge is 2.28. The Morgan fingerprint density at radius 3 is 2.79 bits per heavy atom. The van der Waals surface area contributed by atoms with Crippen LogP contribution in [0.25, 0.3) is 16.9 Å². The summed E-state index contributed by atoms with van der Waals surface area (Å²) >= 11 is 0. The molecule has 2 aromatic heterocycles. The SMILES string of the molecule is O=C(O)c1cc(-c2ccc3c(c2)OCO3)nc2cc(C3CC3)nn12. The van der Waals surface area contributed by atoms with Crippen molar-refractivity contribution in [1.29, 1.82) is 0 Å². The smallest absolute Gasteiger partial charge is 0.354 e. The molecule has 2 aliphatic rings. The lowest BCUT2D eigenvalue weighted by Crippen LogP contribution is -2.08. The molecule has 24 heavy (non-hydrogen) atoms. The summed E-state index contributed by atoms with van der Waals surface area (Å²) in [5.74, 6) is 0.717. The second-order valence-corrected chi connectivity index (χ2v) is 6.01. The van der Waals surface area contributed by atoms with Gasteiger partial charge < -0.3 is 14.6 Å². The summed E-state index contributed by atoms with van der Waals surface area (Å²) in [5, 5.41) is 14.0. The first-order valence-corrected chi connectivity index (χ1v) is 7.73. The highest BCUT2D eigenvalue weighted by atomic mass is 16.7. The van der Waals surface area contributed by atoms with Gasteiger partial charge in [-0.3, -0.25) is 0 Å². The molecule has 1 aromatic carbocycles. The van der Waals surface area contributed by atoms with Crippen molar-refractivity contribution < 1.29 is 19.4 Å². The molecule has 5 rings (SSSR count). The van der Waals surface area contributed by atoms with Gasteiger partial charge in [-0.1, -0.05) is 0 Å². The molecule has 0 unspecified atom stereocenters. The van der Waals surface area contributed by atoms with E-state index in [1.54, 1.807) is 6.07 Å². The van der Waals surface area contributed by atoms with E-state index in [-0.39, 0.29) is 12.5 Å². The molecule has 1 N–H and O–H groups in total. The number of aromatic carboxylic acids is 1. The van der Waals surface area contributed by atoms with E-state index >= 15 is 0 Å². The number of aromatic nitrogens is 3. The number of fused-ring (bicyclic) bond motifs is 2. The van der Waals surface area contributed by atoms with Gasteiger partial charge in [0, 0.05) is 17.5 Å². The van der Waals surface area contributed by atoms with Crippen molar-refractivity contribution in [3.8, 4) is 22.8 Å². The summed E-state index contributed by atoms with van der Waals surface area (Å²) < 4.78 is 12.1. The molecule has 1 aliphatic carbocycles. The second-order valence-electron chi connectivity index (χ2n) is 6.01. The van der Waals surface area contributed by atoms with Crippen LogP contribution in [0.4, 0.5) is 0 Å². The van der Waals surface area contributed by atoms with Gasteiger partial charge in [0.05, 0.1) is 11.4 Å². The topological polar surface area (TPSA) is 86.0 Å². The van der Waals surface area contributed by atoms with E-state index in [4.69, 9.17) is 9.47 Å². The predicted octanol–water partition coefficient (Wildman–Crippen LogP) is 2.70. The van der Waals surface area contributed by atoms with E-state index < -0.39 is 5.97 Å². The highest BCUT2D eigenvalue weighted by Crippen LogP contribution is 2.40. The number of nitrogens with zero attached hydrogens (tertiary/aromatic N) is 3. The van der Waals surface area contributed by atoms with Gasteiger partial charge in [0.25, 0.3) is 0 Å². The second kappa shape index (κ2) is 4.70. The summed E-state index contributed by atoms with van der Waals surface area (Å²) in [6.07, 6.45) is 2.20. The maximum Gasteiger partial charge on any atom is 0.354 e. The first-order valence-electron chi connectivity index (χ1n) is 7.73. The van der Waals surface area contributed by atoms with Gasteiger partial charge in [0.2, 0.25) is 6.79 Å². The summed E-state index contributed by atoms with van der Waals surface area (Å²) in [7, 11) is 0. The van der Waals surface area contributed by atoms with E-state index in [1.165, 1.54) is 10.6 Å². The van der Waals surface area contributed by atoms with E-state index in [1.807, 2.05) is 18.2 Å². The zero-order chi connectivity index (χ0) is 16.3. The lowest BCUT2D eigenvalue weighted by atomic mass is 10.1. The third-order valence-corrected chi connectivity index (χ3v) is 4.33. The Hall–Kier alpha value is -3.09. The van der Waals surface area contributed by atoms with Crippen LogP contribution in [-0.2, 0) is 0 Å². The number of carboxylic acids is 1. The van der Waals surface area contributed by atoms with Crippen molar-refractivity contribution >= 4 is 11.6 Å². The Morgan fingerprint density at radius 1 is 1.17 bits per heavy atom. The zero-order valence-corrected chi connectivity index (χ0v) is 12.6. The number of hydrogen-bond acceptors (Lipinski definition) is 5. The van der Waals surface area contributed by atoms with Crippen LogP contribution < -0.4 is 9.47 Å². The molecule has 120 valence electrons. The minimum atomic E-state index is -1.03. The van der Waals surface area contributed by atoms with Crippen LogP contribution >= 0.6 is 0 Å². The number of benzene rings is 1. The van der Waals surface area contributed by atoms with Crippen molar-refractivity contribution in [2.24, 2.45) is 0 Å². The Labute approximate surface area is 136 Å². The molecule has 7 nitrogen and oxygen atoms in total. The normalized spacial score (nSPS) is 15.8. The van der Waals surface area contributed by atoms with E-state index in [0.29, 0.717) is 28.8 Å². The molecule has 0 atom stereocenters. The molecule has 0 bridgehead atoms. The first kappa shape index (κ1) is 13.4. The van der Waals surface area contributed by atoms with Crippen LogP contribution in [0, 0.1) is 0 Å². The van der Waals surface area contributed by atoms with Crippen LogP contribution in [0.3, 0.4) is 0 Å². The molecular formula is C17H13N3O4. The van der Waals surface area contributed by atoms with Gasteiger partial charge in [0.1, 0.15) is 0 Å². The fraction of sp³-hybridized carbons (Fsp3) is 0.235. The van der Waals surface area contributed by atoms with Gasteiger partial charge in [-0.05, 0) is 37.1 Å². The van der Waals surface area contributed by atoms with Crippen molar-refractivity contribution in [3.63, 3.8) is 0 Å². The number of rotatable bonds is 3. The third kappa shape index (κ3) is 2.01. The van der Waals surface area contributed by atoms with Crippen LogP contribution in [0.2, 0.25) is 0 Å². The number of hydrogen-bond donors (Lipinski definition) is 1. The van der Waals surface area contributed by atoms with Crippen molar-refractivity contribution in [2.75, 3.05) is 6.79 Å². The van der Waals surface area contributed by atoms with Gasteiger partial charge >= 0.3 is 5.97 Å². The standard InChI is InChI=1S/C17H13N3O4/c21-17(22)13-6-11(10-3-4-14-15(5-10)24-8-23-14)18-16-7-12(9-1-2-9)19-20(13)16/h3-7,9H,1-2,8H2,(H,21,22). The van der Waals surface area contributed by atoms with Crippen molar-refractivity contribution in [3.05, 3.63) is 41.7 Å². The molecular weight excluding hydrogens is 310 g/mol. The number of carboxylic acid groups (broad SMARTS) is 1. The van der Waals surface area contributed by atoms with Gasteiger partial charge in [-0.2, -0.15) is 5.10 Å². The highest BCUT2D eigenvalue weighted by molar-refractivity contribution is 5.88. The summed E-state index contributed by atoms with van der Waals surface area (Å²) in [6, 6.07) is 8.87. The fourth-order valence-corrected chi connectivity index (χ4v) is 2.93. The maximum absolute atomic E-state index is 11.6. The molecule has 0 radical (unpaired) electrons. The molecule has 1 saturated carbocycles. The van der Waals surface area contributed by atoms with Crippen LogP contribution in [0.1, 0.15) is 34.9 Å². The summed E-state index contributed by atoms with van der Waals surface area (Å²) in [5.41, 5.74) is 2.90. The monoisotopic (exact) mass is 323 g/mol. The third-order valence-electron chi connectivity index (χ3n) is 4.33. The molecule has 3 heterocycles. The van der Waals surface area contributed by atoms with E-state index in [0.717, 1.165) is 24.1 Å². The molecule has 0 spiro atoms. The lowest BCUT2D eigenvalue weighted by molar-refractivity contribution is 0.0687. The molecule has 1 aliphatic heterocycles. The minimum Gasteiger partial charge on any atom is -0.477 e. The van der Waals surface area contributed by atoms with Crippen molar-refractivity contribution in [1.82, 2.24) is 14.6 Å². The van der Waals surface area contributed by atoms with Gasteiger partial charge in [-0.15, -0.1) is 0 Å². The Morgan fingerprint density at radius 2 is 2.00 bits per heavy atom. The average molecular weight is 323 g/mol. The van der Waals surface area contributed by atoms with E-state index in [9.17, 15) is 9.90 Å². The minimum absolute atomic E-state index is 0.0968. The zero-order valence-electron chi connectivity index (χ0n) is 12.6. The molecule has 0 saturated heterocycles. The van der Waals surface area contributed by atoms with Crippen LogP contribution in [0.5, 0.6) is 11.5 Å². The number of carbonyl (C=O) groups is 1. The number of ether oxygens (including phenoxy) is 2. The van der Waals surface area contributed by atoms with Gasteiger partial charge in [-0.25, -0.2) is 14.3 Å². The summed E-state index contributed by atoms with van der Waals surface area (Å²) in [6.45, 7) is 0.193. The van der Waals surface area contributed by atoms with Gasteiger partial charge in [0.15, 0.2) is 22.8 Å². The molecule has 7 heteroatoms. The first-order chi connectivity index (χ1) is 11.7. The largest absolute Gasteiger partial charge is 0.477 e. The van der Waals surface area contributed by atoms with Crippen molar-refractivity contribution in [2.45, 2.75) is 18.8 Å². The molecule has 1 fully saturated rings. The predicted molar refractivity (Wildman–Crippen MR) is 83.5 cm³/mol. The molecule has 3 aromatic rings. The summed E-state index contributed by atoms with van der Waals surface area (Å²) in [4.78, 5) is 16.2. The van der Waals surface area contributed by atoms with Crippen LogP contribution in [0.15, 0.2) is 30.3 Å².